The molecule has 0 aromatic carbocycles. The van der Waals surface area contributed by atoms with E-state index in [1.54, 1.807) is 30.6 Å². The van der Waals surface area contributed by atoms with E-state index in [4.69, 9.17) is 43.7 Å². The van der Waals surface area contributed by atoms with Crippen LogP contribution in [0.2, 0.25) is 0 Å². The minimum absolute atomic E-state index is 0.0673. The first-order chi connectivity index (χ1) is 32.2. The Morgan fingerprint density at radius 1 is 1.01 bits per heavy atom. The van der Waals surface area contributed by atoms with Crippen LogP contribution in [0, 0.1) is 36.0 Å². The number of hydrogen-bond acceptors (Lipinski definition) is 15. The summed E-state index contributed by atoms with van der Waals surface area (Å²) in [5, 5.41) is 42.6. The van der Waals surface area contributed by atoms with Crippen LogP contribution in [0.4, 0.5) is 0 Å². The number of carbonyl (C=O) groups excluding carboxylic acids is 1. The second-order valence-electron chi connectivity index (χ2n) is 19.1. The van der Waals surface area contributed by atoms with Crippen LogP contribution in [-0.4, -0.2) is 111 Å². The average molecular weight is 929 g/mol. The smallest absolute Gasteiger partial charge is 0.330 e. The maximum atomic E-state index is 13.5. The highest BCUT2D eigenvalue weighted by atomic mass is 16.7. The fourth-order valence-corrected chi connectivity index (χ4v) is 9.96. The fourth-order valence-electron chi connectivity index (χ4n) is 9.96. The molecule has 5 aliphatic heterocycles. The van der Waals surface area contributed by atoms with Crippen molar-refractivity contribution in [2.45, 2.75) is 153 Å². The van der Waals surface area contributed by atoms with E-state index in [1.807, 2.05) is 45.9 Å². The van der Waals surface area contributed by atoms with Gasteiger partial charge in [0.15, 0.2) is 11.7 Å². The summed E-state index contributed by atoms with van der Waals surface area (Å²) in [6.45, 7) is 12.3. The number of esters is 1. The molecule has 0 unspecified atom stereocenters. The van der Waals surface area contributed by atoms with Gasteiger partial charge in [0.05, 0.1) is 62.4 Å². The van der Waals surface area contributed by atoms with E-state index >= 15 is 0 Å². The maximum absolute atomic E-state index is 13.5. The lowest BCUT2D eigenvalue weighted by Gasteiger charge is -2.44. The number of oxazole rings is 2. The van der Waals surface area contributed by atoms with Crippen molar-refractivity contribution in [2.24, 2.45) is 23.7 Å². The SMILES string of the molecule is C#CC[C@H](/C=C/C(C)=C/[C@@H](O)[C@H]1C[C@@H](CO)C[C@@](O)(Cc2nc(/C=C(\C)[C@@H]3O[C@@H]4C/C=C/c5nc(co5)[C@H]5OCC[C@@H](C[C@H]6CC(=C)C[C@H](C/C=C\C(=O)O[C@@H]([C@H]4C)[C@H]3C)O6)O5)co2)O1)CO. The van der Waals surface area contributed by atoms with Gasteiger partial charge < -0.3 is 57.7 Å². The number of carbonyl (C=O) groups is 1. The summed E-state index contributed by atoms with van der Waals surface area (Å²) in [6.07, 6.45) is 22.9. The van der Waals surface area contributed by atoms with Gasteiger partial charge in [-0.25, -0.2) is 14.8 Å². The molecule has 8 bridgehead atoms. The van der Waals surface area contributed by atoms with Gasteiger partial charge in [0, 0.05) is 49.7 Å². The first kappa shape index (κ1) is 50.4. The zero-order chi connectivity index (χ0) is 47.7. The van der Waals surface area contributed by atoms with Crippen LogP contribution in [0.1, 0.15) is 115 Å². The maximum Gasteiger partial charge on any atom is 0.330 e. The van der Waals surface area contributed by atoms with Gasteiger partial charge in [-0.05, 0) is 76.0 Å². The Bertz CT molecular complexity index is 2180. The van der Waals surface area contributed by atoms with E-state index < -0.39 is 42.5 Å². The predicted octanol–water partition coefficient (Wildman–Crippen LogP) is 6.89. The van der Waals surface area contributed by atoms with Crippen LogP contribution in [0.3, 0.4) is 0 Å². The number of nitrogens with zero attached hydrogens (tertiary/aromatic N) is 2. The van der Waals surface area contributed by atoms with Crippen molar-refractivity contribution in [1.82, 2.24) is 9.97 Å². The molecule has 7 rings (SSSR count). The number of aromatic nitrogens is 2. The fraction of sp³-hybridized carbons (Fsp3) is 0.596. The normalized spacial score (nSPS) is 35.5. The third kappa shape index (κ3) is 13.6. The molecular weight excluding hydrogens is 861 g/mol. The van der Waals surface area contributed by atoms with Gasteiger partial charge in [-0.1, -0.05) is 62.0 Å². The number of aliphatic hydroxyl groups excluding tert-OH is 3. The van der Waals surface area contributed by atoms with Gasteiger partial charge in [0.25, 0.3) is 0 Å². The second-order valence-corrected chi connectivity index (χ2v) is 19.1. The van der Waals surface area contributed by atoms with Crippen LogP contribution in [0.25, 0.3) is 12.2 Å². The van der Waals surface area contributed by atoms with Crippen molar-refractivity contribution in [3.05, 3.63) is 95.4 Å². The van der Waals surface area contributed by atoms with E-state index in [2.05, 4.69) is 22.5 Å². The molecule has 15 nitrogen and oxygen atoms in total. The van der Waals surface area contributed by atoms with Gasteiger partial charge in [0.2, 0.25) is 12.2 Å². The van der Waals surface area contributed by atoms with Crippen molar-refractivity contribution in [2.75, 3.05) is 19.8 Å². The summed E-state index contributed by atoms with van der Waals surface area (Å²) in [7, 11) is 0. The largest absolute Gasteiger partial charge is 0.458 e. The molecule has 5 aliphatic rings. The number of terminal acetylenes is 1. The molecular formula is C52H68N2O13. The molecule has 67 heavy (non-hydrogen) atoms. The highest BCUT2D eigenvalue weighted by molar-refractivity contribution is 5.82. The molecule has 15 heteroatoms. The molecule has 364 valence electrons. The standard InChI is InChI=1S/C52H68N2O13/c1-7-10-36(27-55)16-15-31(2)21-43(57)45-23-37(28-56)25-52(59,67-45)26-47-53-38(29-61-47)22-33(4)49-35(6)50-34(5)44(65-49)12-9-13-46-54-42(30-62-46)51-60-18-17-40(64-51)24-41-20-32(3)19-39(63-41)11-8-14-48(58)66-50/h1,8-9,13-16,21-22,29-30,34-37,39-41,43-45,49-51,55-57,59H,3,10-12,17-20,23-28H2,2,4-6H3/b13-9+,14-8-,16-15+,31-21+,33-22+/t34-,35-,36+,37+,39-,40-,41+,43+,44+,45+,49-,50-,51-,52-/m0/s1. The lowest BCUT2D eigenvalue weighted by Crippen LogP contribution is -2.50. The number of allylic oxidation sites excluding steroid dienone is 2. The van der Waals surface area contributed by atoms with E-state index in [0.29, 0.717) is 62.4 Å². The van der Waals surface area contributed by atoms with Gasteiger partial charge in [-0.2, -0.15) is 0 Å². The molecule has 4 fully saturated rings. The Labute approximate surface area is 393 Å². The lowest BCUT2D eigenvalue weighted by molar-refractivity contribution is -0.279. The number of ether oxygens (including phenoxy) is 6. The van der Waals surface area contributed by atoms with Crippen LogP contribution in [0.15, 0.2) is 81.1 Å². The summed E-state index contributed by atoms with van der Waals surface area (Å²) in [5.74, 6) is -0.0700. The minimum atomic E-state index is -1.78. The summed E-state index contributed by atoms with van der Waals surface area (Å²) < 4.78 is 49.6. The second kappa shape index (κ2) is 23.2. The molecule has 4 N–H and O–H groups in total. The van der Waals surface area contributed by atoms with Crippen molar-refractivity contribution in [3.63, 3.8) is 0 Å². The predicted molar refractivity (Wildman–Crippen MR) is 247 cm³/mol. The van der Waals surface area contributed by atoms with Gasteiger partial charge in [-0.15, -0.1) is 12.3 Å². The zero-order valence-electron chi connectivity index (χ0n) is 39.1. The zero-order valence-corrected chi connectivity index (χ0v) is 39.1. The van der Waals surface area contributed by atoms with E-state index in [9.17, 15) is 25.2 Å². The van der Waals surface area contributed by atoms with E-state index in [1.165, 1.54) is 12.3 Å². The van der Waals surface area contributed by atoms with Crippen LogP contribution in [-0.2, 0) is 39.6 Å². The number of hydrogen-bond donors (Lipinski definition) is 4. The van der Waals surface area contributed by atoms with Crippen molar-refractivity contribution in [3.8, 4) is 12.3 Å². The third-order valence-corrected chi connectivity index (χ3v) is 13.4. The van der Waals surface area contributed by atoms with Crippen molar-refractivity contribution in [1.29, 1.82) is 0 Å². The van der Waals surface area contributed by atoms with E-state index in [0.717, 1.165) is 29.6 Å². The molecule has 2 aromatic rings. The molecule has 0 amide bonds. The monoisotopic (exact) mass is 928 g/mol. The summed E-state index contributed by atoms with van der Waals surface area (Å²) in [4.78, 5) is 22.8. The highest BCUT2D eigenvalue weighted by Crippen LogP contribution is 2.39. The van der Waals surface area contributed by atoms with Crippen LogP contribution < -0.4 is 0 Å². The Morgan fingerprint density at radius 3 is 2.61 bits per heavy atom. The molecule has 14 atom stereocenters. The van der Waals surface area contributed by atoms with Crippen molar-refractivity contribution < 1.29 is 62.5 Å². The number of fused-ring (bicyclic) bond motifs is 9. The molecule has 4 saturated heterocycles. The van der Waals surface area contributed by atoms with Crippen molar-refractivity contribution >= 4 is 18.1 Å². The lowest BCUT2D eigenvalue weighted by atomic mass is 9.79. The quantitative estimate of drug-likeness (QED) is 0.0784. The van der Waals surface area contributed by atoms with Crippen LogP contribution >= 0.6 is 0 Å². The van der Waals surface area contributed by atoms with Crippen LogP contribution in [0.5, 0.6) is 0 Å². The molecule has 2 aromatic heterocycles. The Kier molecular flexibility index (Phi) is 17.5. The Hall–Kier alpha value is -4.47. The van der Waals surface area contributed by atoms with Gasteiger partial charge in [-0.3, -0.25) is 0 Å². The molecule has 0 radical (unpaired) electrons. The molecule has 0 saturated carbocycles. The minimum Gasteiger partial charge on any atom is -0.458 e. The summed E-state index contributed by atoms with van der Waals surface area (Å²) in [5.41, 5.74) is 3.69. The molecule has 7 heterocycles. The third-order valence-electron chi connectivity index (χ3n) is 13.4. The summed E-state index contributed by atoms with van der Waals surface area (Å²) in [6, 6.07) is 0. The molecule has 0 spiro atoms. The summed E-state index contributed by atoms with van der Waals surface area (Å²) >= 11 is 0. The van der Waals surface area contributed by atoms with Gasteiger partial charge >= 0.3 is 5.97 Å². The Morgan fingerprint density at radius 2 is 1.82 bits per heavy atom. The number of rotatable bonds is 11. The topological polar surface area (TPSA) is 205 Å². The van der Waals surface area contributed by atoms with Gasteiger partial charge in [0.1, 0.15) is 30.0 Å². The first-order valence-electron chi connectivity index (χ1n) is 23.7. The highest BCUT2D eigenvalue weighted by Gasteiger charge is 2.45. The van der Waals surface area contributed by atoms with E-state index in [-0.39, 0.29) is 80.0 Å². The Balaban J connectivity index is 1.06. The average Bonchev–Trinajstić information content (AvgIpc) is 3.95. The number of aliphatic hydroxyl groups is 4. The molecule has 0 aliphatic carbocycles. The first-order valence-corrected chi connectivity index (χ1v) is 23.7.